The van der Waals surface area contributed by atoms with Gasteiger partial charge in [0.1, 0.15) is 0 Å². The summed E-state index contributed by atoms with van der Waals surface area (Å²) in [4.78, 5) is 0. The maximum absolute atomic E-state index is 12.6. The predicted molar refractivity (Wildman–Crippen MR) is 80.6 cm³/mol. The zero-order valence-corrected chi connectivity index (χ0v) is 12.9. The van der Waals surface area contributed by atoms with Gasteiger partial charge in [-0.2, -0.15) is 13.2 Å². The van der Waals surface area contributed by atoms with E-state index in [1.165, 1.54) is 5.56 Å². The molecule has 0 aliphatic heterocycles. The molecule has 0 spiro atoms. The van der Waals surface area contributed by atoms with Crippen LogP contribution in [0.25, 0.3) is 0 Å². The molecular formula is C17H24F3N. The van der Waals surface area contributed by atoms with E-state index in [9.17, 15) is 13.2 Å². The van der Waals surface area contributed by atoms with Crippen LogP contribution in [0.4, 0.5) is 18.9 Å². The Balaban J connectivity index is 1.89. The molecule has 1 saturated carbocycles. The van der Waals surface area contributed by atoms with Crippen LogP contribution < -0.4 is 5.32 Å². The lowest BCUT2D eigenvalue weighted by Gasteiger charge is -2.31. The van der Waals surface area contributed by atoms with Gasteiger partial charge in [0.2, 0.25) is 0 Å². The second kappa shape index (κ2) is 5.90. The molecule has 1 nitrogen and oxygen atoms in total. The highest BCUT2D eigenvalue weighted by Crippen LogP contribution is 2.38. The van der Waals surface area contributed by atoms with Gasteiger partial charge in [-0.1, -0.05) is 32.9 Å². The Bertz CT molecular complexity index is 448. The largest absolute Gasteiger partial charge is 0.391 e. The Labute approximate surface area is 124 Å². The maximum Gasteiger partial charge on any atom is 0.391 e. The van der Waals surface area contributed by atoms with Gasteiger partial charge in [0.25, 0.3) is 0 Å². The van der Waals surface area contributed by atoms with Gasteiger partial charge in [0.05, 0.1) is 5.92 Å². The highest BCUT2D eigenvalue weighted by Gasteiger charge is 2.41. The van der Waals surface area contributed by atoms with Gasteiger partial charge in [-0.05, 0) is 48.8 Å². The summed E-state index contributed by atoms with van der Waals surface area (Å²) < 4.78 is 37.9. The lowest BCUT2D eigenvalue weighted by atomic mass is 9.85. The first-order chi connectivity index (χ1) is 9.66. The molecule has 0 unspecified atom stereocenters. The van der Waals surface area contributed by atoms with Crippen molar-refractivity contribution >= 4 is 5.69 Å². The standard InChI is InChI=1S/C17H24F3N/c1-16(2,3)12-4-8-14(9-5-12)21-15-10-6-13(7-11-15)17(18,19)20/h4-5,8-9,13,15,21H,6-7,10-11H2,1-3H3. The quantitative estimate of drug-likeness (QED) is 0.758. The van der Waals surface area contributed by atoms with Crippen molar-refractivity contribution in [2.45, 2.75) is 64.1 Å². The normalized spacial score (nSPS) is 23.9. The van der Waals surface area contributed by atoms with Crippen LogP contribution in [-0.4, -0.2) is 12.2 Å². The van der Waals surface area contributed by atoms with E-state index in [1.807, 2.05) is 12.1 Å². The molecule has 1 aliphatic rings. The number of hydrogen-bond acceptors (Lipinski definition) is 1. The molecule has 0 saturated heterocycles. The lowest BCUT2D eigenvalue weighted by Crippen LogP contribution is -2.32. The molecule has 2 rings (SSSR count). The summed E-state index contributed by atoms with van der Waals surface area (Å²) in [5, 5.41) is 3.36. The molecule has 0 bridgehead atoms. The first-order valence-electron chi connectivity index (χ1n) is 7.60. The molecule has 0 radical (unpaired) electrons. The molecule has 1 aromatic rings. The van der Waals surface area contributed by atoms with Crippen LogP contribution >= 0.6 is 0 Å². The van der Waals surface area contributed by atoms with Gasteiger partial charge in [0.15, 0.2) is 0 Å². The third-order valence-corrected chi connectivity index (χ3v) is 4.31. The van der Waals surface area contributed by atoms with E-state index < -0.39 is 12.1 Å². The van der Waals surface area contributed by atoms with E-state index in [2.05, 4.69) is 38.2 Å². The Hall–Kier alpha value is -1.19. The van der Waals surface area contributed by atoms with Crippen molar-refractivity contribution in [3.63, 3.8) is 0 Å². The predicted octanol–water partition coefficient (Wildman–Crippen LogP) is 5.52. The van der Waals surface area contributed by atoms with E-state index in [0.717, 1.165) is 5.69 Å². The van der Waals surface area contributed by atoms with Crippen LogP contribution in [0.5, 0.6) is 0 Å². The number of anilines is 1. The van der Waals surface area contributed by atoms with Crippen molar-refractivity contribution in [3.8, 4) is 0 Å². The van der Waals surface area contributed by atoms with Crippen LogP contribution in [0.3, 0.4) is 0 Å². The van der Waals surface area contributed by atoms with Crippen LogP contribution in [-0.2, 0) is 5.41 Å². The van der Waals surface area contributed by atoms with Crippen LogP contribution in [0.1, 0.15) is 52.0 Å². The molecule has 0 aromatic heterocycles. The fourth-order valence-electron chi connectivity index (χ4n) is 2.87. The zero-order chi connectivity index (χ0) is 15.7. The third-order valence-electron chi connectivity index (χ3n) is 4.31. The van der Waals surface area contributed by atoms with E-state index in [0.29, 0.717) is 12.8 Å². The van der Waals surface area contributed by atoms with Gasteiger partial charge < -0.3 is 5.32 Å². The van der Waals surface area contributed by atoms with Crippen LogP contribution in [0.15, 0.2) is 24.3 Å². The van der Waals surface area contributed by atoms with Crippen LogP contribution in [0, 0.1) is 5.92 Å². The average Bonchev–Trinajstić information content (AvgIpc) is 2.38. The third kappa shape index (κ3) is 4.39. The molecule has 0 atom stereocenters. The summed E-state index contributed by atoms with van der Waals surface area (Å²) >= 11 is 0. The molecule has 1 N–H and O–H groups in total. The summed E-state index contributed by atoms with van der Waals surface area (Å²) in [6.07, 6.45) is -2.38. The number of benzene rings is 1. The molecule has 0 amide bonds. The van der Waals surface area contributed by atoms with E-state index in [1.54, 1.807) is 0 Å². The fraction of sp³-hybridized carbons (Fsp3) is 0.647. The summed E-state index contributed by atoms with van der Waals surface area (Å²) in [5.74, 6) is -1.11. The van der Waals surface area contributed by atoms with E-state index >= 15 is 0 Å². The molecule has 1 aliphatic carbocycles. The van der Waals surface area contributed by atoms with Gasteiger partial charge in [-0.25, -0.2) is 0 Å². The Morgan fingerprint density at radius 2 is 1.43 bits per heavy atom. The van der Waals surface area contributed by atoms with Crippen LogP contribution in [0.2, 0.25) is 0 Å². The average molecular weight is 299 g/mol. The van der Waals surface area contributed by atoms with Gasteiger partial charge in [-0.3, -0.25) is 0 Å². The zero-order valence-electron chi connectivity index (χ0n) is 12.9. The van der Waals surface area contributed by atoms with Crippen molar-refractivity contribution in [1.29, 1.82) is 0 Å². The topological polar surface area (TPSA) is 12.0 Å². The van der Waals surface area contributed by atoms with Crippen molar-refractivity contribution in [2.24, 2.45) is 5.92 Å². The Morgan fingerprint density at radius 1 is 0.905 bits per heavy atom. The minimum absolute atomic E-state index is 0.114. The SMILES string of the molecule is CC(C)(C)c1ccc(NC2CCC(C(F)(F)F)CC2)cc1. The fourth-order valence-corrected chi connectivity index (χ4v) is 2.87. The molecule has 1 fully saturated rings. The molecular weight excluding hydrogens is 275 g/mol. The first kappa shape index (κ1) is 16.2. The molecule has 21 heavy (non-hydrogen) atoms. The van der Waals surface area contributed by atoms with Crippen molar-refractivity contribution in [1.82, 2.24) is 0 Å². The number of alkyl halides is 3. The summed E-state index contributed by atoms with van der Waals surface area (Å²) in [6, 6.07) is 8.38. The summed E-state index contributed by atoms with van der Waals surface area (Å²) in [5.41, 5.74) is 2.37. The highest BCUT2D eigenvalue weighted by atomic mass is 19.4. The van der Waals surface area contributed by atoms with E-state index in [4.69, 9.17) is 0 Å². The summed E-state index contributed by atoms with van der Waals surface area (Å²) in [6.45, 7) is 6.48. The highest BCUT2D eigenvalue weighted by molar-refractivity contribution is 5.46. The van der Waals surface area contributed by atoms with Crippen molar-refractivity contribution in [3.05, 3.63) is 29.8 Å². The van der Waals surface area contributed by atoms with Gasteiger partial charge in [0, 0.05) is 11.7 Å². The van der Waals surface area contributed by atoms with Gasteiger partial charge in [-0.15, -0.1) is 0 Å². The van der Waals surface area contributed by atoms with E-state index in [-0.39, 0.29) is 24.3 Å². The molecule has 4 heteroatoms. The maximum atomic E-state index is 12.6. The molecule has 1 aromatic carbocycles. The van der Waals surface area contributed by atoms with Gasteiger partial charge >= 0.3 is 6.18 Å². The lowest BCUT2D eigenvalue weighted by molar-refractivity contribution is -0.182. The number of hydrogen-bond donors (Lipinski definition) is 1. The molecule has 0 heterocycles. The van der Waals surface area contributed by atoms with Crippen molar-refractivity contribution < 1.29 is 13.2 Å². The minimum Gasteiger partial charge on any atom is -0.382 e. The Kier molecular flexibility index (Phi) is 4.54. The molecule has 118 valence electrons. The number of nitrogens with one attached hydrogen (secondary N) is 1. The number of halogens is 3. The minimum atomic E-state index is -4.03. The second-order valence-electron chi connectivity index (χ2n) is 7.06. The Morgan fingerprint density at radius 3 is 1.86 bits per heavy atom. The van der Waals surface area contributed by atoms with Crippen molar-refractivity contribution in [2.75, 3.05) is 5.32 Å². The smallest absolute Gasteiger partial charge is 0.382 e. The summed E-state index contributed by atoms with van der Waals surface area (Å²) in [7, 11) is 0. The monoisotopic (exact) mass is 299 g/mol. The number of rotatable bonds is 2. The second-order valence-corrected chi connectivity index (χ2v) is 7.06. The first-order valence-corrected chi connectivity index (χ1v) is 7.60.